The number of nitrogens with zero attached hydrogens (tertiary/aromatic N) is 2. The molecule has 0 saturated heterocycles. The molecule has 0 aromatic heterocycles. The van der Waals surface area contributed by atoms with Gasteiger partial charge in [0.15, 0.2) is 0 Å². The van der Waals surface area contributed by atoms with Gasteiger partial charge in [-0.1, -0.05) is 19.1 Å². The second kappa shape index (κ2) is 9.93. The molecule has 1 aromatic rings. The molecule has 0 bridgehead atoms. The Labute approximate surface area is 144 Å². The van der Waals surface area contributed by atoms with Crippen LogP contribution in [0.2, 0.25) is 0 Å². The summed E-state index contributed by atoms with van der Waals surface area (Å²) >= 11 is 0. The van der Waals surface area contributed by atoms with E-state index in [0.717, 1.165) is 11.3 Å². The maximum atomic E-state index is 12.4. The average Bonchev–Trinajstić information content (AvgIpc) is 2.53. The molecule has 0 heterocycles. The van der Waals surface area contributed by atoms with Crippen LogP contribution in [-0.2, 0) is 16.1 Å². The molecule has 0 aliphatic rings. The third kappa shape index (κ3) is 7.00. The van der Waals surface area contributed by atoms with Crippen LogP contribution >= 0.6 is 0 Å². The second-order valence-corrected chi connectivity index (χ2v) is 6.12. The van der Waals surface area contributed by atoms with Gasteiger partial charge in [-0.25, -0.2) is 0 Å². The lowest BCUT2D eigenvalue weighted by Crippen LogP contribution is -2.44. The highest BCUT2D eigenvalue weighted by atomic mass is 16.5. The number of benzene rings is 1. The van der Waals surface area contributed by atoms with Crippen LogP contribution in [0, 0.1) is 0 Å². The lowest BCUT2D eigenvalue weighted by molar-refractivity contribution is -0.132. The molecule has 2 amide bonds. The van der Waals surface area contributed by atoms with Crippen LogP contribution in [0.15, 0.2) is 24.3 Å². The molecule has 134 valence electrons. The number of methoxy groups -OCH3 is 1. The number of carbonyl (C=O) groups excluding carboxylic acids is 2. The Balaban J connectivity index is 2.52. The molecule has 1 rings (SSSR count). The first kappa shape index (κ1) is 20.0. The van der Waals surface area contributed by atoms with Gasteiger partial charge in [0.2, 0.25) is 11.8 Å². The fourth-order valence-corrected chi connectivity index (χ4v) is 2.26. The summed E-state index contributed by atoms with van der Waals surface area (Å²) < 4.78 is 5.13. The number of rotatable bonds is 9. The van der Waals surface area contributed by atoms with E-state index in [9.17, 15) is 9.59 Å². The van der Waals surface area contributed by atoms with E-state index in [2.05, 4.69) is 5.32 Å². The Hall–Kier alpha value is -2.08. The predicted molar refractivity (Wildman–Crippen MR) is 94.9 cm³/mol. The van der Waals surface area contributed by atoms with Crippen LogP contribution in [0.25, 0.3) is 0 Å². The molecule has 24 heavy (non-hydrogen) atoms. The predicted octanol–water partition coefficient (Wildman–Crippen LogP) is 1.50. The summed E-state index contributed by atoms with van der Waals surface area (Å²) in [6.45, 7) is 7.42. The van der Waals surface area contributed by atoms with Crippen LogP contribution in [0.5, 0.6) is 5.75 Å². The van der Waals surface area contributed by atoms with Gasteiger partial charge in [-0.2, -0.15) is 0 Å². The minimum atomic E-state index is -0.0579. The molecule has 0 unspecified atom stereocenters. The zero-order valence-electron chi connectivity index (χ0n) is 15.3. The third-order valence-electron chi connectivity index (χ3n) is 3.63. The first-order valence-electron chi connectivity index (χ1n) is 8.24. The summed E-state index contributed by atoms with van der Waals surface area (Å²) in [6, 6.07) is 7.74. The van der Waals surface area contributed by atoms with Crippen molar-refractivity contribution < 1.29 is 14.3 Å². The van der Waals surface area contributed by atoms with E-state index in [1.165, 1.54) is 0 Å². The highest BCUT2D eigenvalue weighted by molar-refractivity contribution is 5.81. The zero-order valence-corrected chi connectivity index (χ0v) is 15.3. The van der Waals surface area contributed by atoms with E-state index < -0.39 is 0 Å². The van der Waals surface area contributed by atoms with E-state index in [-0.39, 0.29) is 30.9 Å². The van der Waals surface area contributed by atoms with Crippen molar-refractivity contribution >= 4 is 11.8 Å². The van der Waals surface area contributed by atoms with Crippen LogP contribution in [0.1, 0.15) is 26.3 Å². The molecule has 0 aliphatic heterocycles. The van der Waals surface area contributed by atoms with E-state index in [4.69, 9.17) is 4.74 Å². The zero-order chi connectivity index (χ0) is 18.1. The normalized spacial score (nSPS) is 10.8. The Morgan fingerprint density at radius 2 is 1.79 bits per heavy atom. The molecular weight excluding hydrogens is 306 g/mol. The Morgan fingerprint density at radius 1 is 1.17 bits per heavy atom. The molecule has 6 nitrogen and oxygen atoms in total. The van der Waals surface area contributed by atoms with Crippen molar-refractivity contribution in [2.24, 2.45) is 0 Å². The minimum Gasteiger partial charge on any atom is -0.497 e. The maximum absolute atomic E-state index is 12.4. The van der Waals surface area contributed by atoms with Crippen molar-refractivity contribution in [1.82, 2.24) is 15.1 Å². The van der Waals surface area contributed by atoms with Crippen molar-refractivity contribution in [2.75, 3.05) is 33.8 Å². The molecule has 0 radical (unpaired) electrons. The smallest absolute Gasteiger partial charge is 0.236 e. The van der Waals surface area contributed by atoms with Gasteiger partial charge in [-0.15, -0.1) is 0 Å². The van der Waals surface area contributed by atoms with Crippen LogP contribution in [0.4, 0.5) is 0 Å². The van der Waals surface area contributed by atoms with E-state index in [0.29, 0.717) is 13.1 Å². The molecule has 0 saturated carbocycles. The number of likely N-dealkylation sites (N-methyl/N-ethyl adjacent to an activating group) is 2. The summed E-state index contributed by atoms with van der Waals surface area (Å²) in [4.78, 5) is 27.7. The third-order valence-corrected chi connectivity index (χ3v) is 3.63. The number of nitrogens with one attached hydrogen (secondary N) is 1. The minimum absolute atomic E-state index is 0.00925. The van der Waals surface area contributed by atoms with Gasteiger partial charge in [0.1, 0.15) is 5.75 Å². The highest BCUT2D eigenvalue weighted by Gasteiger charge is 2.16. The van der Waals surface area contributed by atoms with Gasteiger partial charge >= 0.3 is 0 Å². The standard InChI is InChI=1S/C18H29N3O3/c1-6-21(12-17(22)19-14(2)3)13-18(23)20(4)11-15-7-9-16(24-5)10-8-15/h7-10,14H,6,11-13H2,1-5H3,(H,19,22). The van der Waals surface area contributed by atoms with Gasteiger partial charge < -0.3 is 15.0 Å². The summed E-state index contributed by atoms with van der Waals surface area (Å²) in [7, 11) is 3.40. The fraction of sp³-hybridized carbons (Fsp3) is 0.556. The van der Waals surface area contributed by atoms with E-state index in [1.807, 2.05) is 49.9 Å². The van der Waals surface area contributed by atoms with Crippen molar-refractivity contribution in [3.63, 3.8) is 0 Å². The van der Waals surface area contributed by atoms with E-state index >= 15 is 0 Å². The molecule has 0 atom stereocenters. The van der Waals surface area contributed by atoms with Gasteiger partial charge in [0.25, 0.3) is 0 Å². The van der Waals surface area contributed by atoms with Crippen molar-refractivity contribution in [1.29, 1.82) is 0 Å². The number of carbonyl (C=O) groups is 2. The molecule has 6 heteroatoms. The van der Waals surface area contributed by atoms with Crippen LogP contribution in [-0.4, -0.2) is 61.4 Å². The fourth-order valence-electron chi connectivity index (χ4n) is 2.26. The highest BCUT2D eigenvalue weighted by Crippen LogP contribution is 2.12. The number of amides is 2. The lowest BCUT2D eigenvalue weighted by atomic mass is 10.2. The van der Waals surface area contributed by atoms with Crippen LogP contribution < -0.4 is 10.1 Å². The summed E-state index contributed by atoms with van der Waals surface area (Å²) in [6.07, 6.45) is 0. The number of hydrogen-bond acceptors (Lipinski definition) is 4. The average molecular weight is 335 g/mol. The Morgan fingerprint density at radius 3 is 2.29 bits per heavy atom. The lowest BCUT2D eigenvalue weighted by Gasteiger charge is -2.24. The molecule has 0 fully saturated rings. The second-order valence-electron chi connectivity index (χ2n) is 6.12. The Kier molecular flexibility index (Phi) is 8.26. The number of hydrogen-bond donors (Lipinski definition) is 1. The van der Waals surface area contributed by atoms with Crippen molar-refractivity contribution in [3.8, 4) is 5.75 Å². The van der Waals surface area contributed by atoms with Crippen molar-refractivity contribution in [3.05, 3.63) is 29.8 Å². The van der Waals surface area contributed by atoms with Crippen LogP contribution in [0.3, 0.4) is 0 Å². The molecule has 1 aromatic carbocycles. The summed E-state index contributed by atoms with van der Waals surface area (Å²) in [5, 5.41) is 2.84. The quantitative estimate of drug-likeness (QED) is 0.743. The first-order chi connectivity index (χ1) is 11.3. The number of ether oxygens (including phenoxy) is 1. The van der Waals surface area contributed by atoms with Gasteiger partial charge in [0.05, 0.1) is 20.2 Å². The first-order valence-corrected chi connectivity index (χ1v) is 8.24. The van der Waals surface area contributed by atoms with Gasteiger partial charge in [-0.05, 0) is 38.1 Å². The molecule has 0 aliphatic carbocycles. The van der Waals surface area contributed by atoms with E-state index in [1.54, 1.807) is 19.1 Å². The summed E-state index contributed by atoms with van der Waals surface area (Å²) in [5.41, 5.74) is 1.03. The van der Waals surface area contributed by atoms with Gasteiger partial charge in [-0.3, -0.25) is 14.5 Å². The van der Waals surface area contributed by atoms with Crippen molar-refractivity contribution in [2.45, 2.75) is 33.4 Å². The van der Waals surface area contributed by atoms with Gasteiger partial charge in [0, 0.05) is 19.6 Å². The monoisotopic (exact) mass is 335 g/mol. The SMILES string of the molecule is CCN(CC(=O)NC(C)C)CC(=O)N(C)Cc1ccc(OC)cc1. The Bertz CT molecular complexity index is 529. The largest absolute Gasteiger partial charge is 0.497 e. The summed E-state index contributed by atoms with van der Waals surface area (Å²) in [5.74, 6) is 0.725. The molecular formula is C18H29N3O3. The molecule has 1 N–H and O–H groups in total. The topological polar surface area (TPSA) is 61.9 Å². The molecule has 0 spiro atoms. The maximum Gasteiger partial charge on any atom is 0.236 e.